The average molecular weight is 1470 g/mol. The van der Waals surface area contributed by atoms with E-state index >= 15 is 0 Å². The number of hydrogen-bond donors (Lipinski definition) is 0. The first-order chi connectivity index (χ1) is 55.5. The summed E-state index contributed by atoms with van der Waals surface area (Å²) >= 11 is 0. The van der Waals surface area contributed by atoms with Crippen molar-refractivity contribution in [1.29, 1.82) is 0 Å². The van der Waals surface area contributed by atoms with Gasteiger partial charge in [-0.3, -0.25) is 28.8 Å². The lowest BCUT2D eigenvalue weighted by Gasteiger charge is -2.12. The molecule has 24 aromatic carbocycles. The summed E-state index contributed by atoms with van der Waals surface area (Å²) in [6, 6.07) is 113. The van der Waals surface area contributed by atoms with Crippen molar-refractivity contribution in [3.63, 3.8) is 0 Å². The molecular formula is C108H72O6. The molecule has 0 saturated heterocycles. The molecule has 24 rings (SSSR count). The number of carbonyl (C=O) groups excluding carboxylic acids is 6. The minimum atomic E-state index is 0.123. The number of benzene rings is 24. The molecule has 24 aromatic rings. The lowest BCUT2D eigenvalue weighted by molar-refractivity contribution is 0.101. The van der Waals surface area contributed by atoms with Crippen molar-refractivity contribution in [3.8, 4) is 0 Å². The number of hydrogen-bond acceptors (Lipinski definition) is 6. The van der Waals surface area contributed by atoms with Gasteiger partial charge in [0.15, 0.2) is 34.7 Å². The molecule has 0 atom stereocenters. The van der Waals surface area contributed by atoms with Crippen molar-refractivity contribution in [2.24, 2.45) is 0 Å². The highest BCUT2D eigenvalue weighted by Gasteiger charge is 2.20. The molecule has 0 unspecified atom stereocenters. The Bertz CT molecular complexity index is 6740. The third-order valence-electron chi connectivity index (χ3n) is 23.4. The van der Waals surface area contributed by atoms with Gasteiger partial charge in [-0.2, -0.15) is 0 Å². The third-order valence-corrected chi connectivity index (χ3v) is 23.4. The van der Waals surface area contributed by atoms with E-state index in [0.717, 1.165) is 65.7 Å². The Kier molecular flexibility index (Phi) is 17.1. The van der Waals surface area contributed by atoms with Crippen LogP contribution in [-0.4, -0.2) is 34.7 Å². The van der Waals surface area contributed by atoms with E-state index in [1.54, 1.807) is 41.5 Å². The van der Waals surface area contributed by atoms with E-state index in [-0.39, 0.29) is 34.7 Å². The van der Waals surface area contributed by atoms with Crippen LogP contribution in [0, 0.1) is 0 Å². The van der Waals surface area contributed by atoms with Gasteiger partial charge in [0.1, 0.15) is 0 Å². The number of carbonyl (C=O) groups is 6. The molecule has 0 bridgehead atoms. The summed E-state index contributed by atoms with van der Waals surface area (Å²) in [6.07, 6.45) is 0. The van der Waals surface area contributed by atoms with Gasteiger partial charge in [0.05, 0.1) is 0 Å². The second-order valence-electron chi connectivity index (χ2n) is 30.2. The van der Waals surface area contributed by atoms with Crippen LogP contribution >= 0.6 is 0 Å². The van der Waals surface area contributed by atoms with Gasteiger partial charge < -0.3 is 0 Å². The molecule has 114 heavy (non-hydrogen) atoms. The highest BCUT2D eigenvalue weighted by molar-refractivity contribution is 6.32. The van der Waals surface area contributed by atoms with Crippen molar-refractivity contribution in [2.75, 3.05) is 0 Å². The number of rotatable bonds is 6. The standard InChI is InChI=1S/6C18H12O/c6*1-11(19)15-9-7-14-6-5-12-3-2-4-13-8-10-16(15)18(14)17(12)13/h6*2-10H,1H3. The van der Waals surface area contributed by atoms with Crippen LogP contribution in [0.3, 0.4) is 0 Å². The quantitative estimate of drug-likeness (QED) is 0.121. The normalized spacial score (nSPS) is 11.6. The molecule has 0 spiro atoms. The smallest absolute Gasteiger partial charge is 0.160 e. The van der Waals surface area contributed by atoms with E-state index in [9.17, 15) is 28.8 Å². The molecule has 0 amide bonds. The second kappa shape index (κ2) is 27.8. The molecule has 6 heteroatoms. The van der Waals surface area contributed by atoms with Crippen molar-refractivity contribution in [2.45, 2.75) is 41.5 Å². The summed E-state index contributed by atoms with van der Waals surface area (Å²) in [5.41, 5.74) is 4.87. The van der Waals surface area contributed by atoms with Crippen molar-refractivity contribution >= 4 is 229 Å². The Morgan fingerprint density at radius 3 is 0.333 bits per heavy atom. The second-order valence-corrected chi connectivity index (χ2v) is 30.2. The predicted octanol–water partition coefficient (Wildman–Crippen LogP) is 28.7. The SMILES string of the molecule is CC(=O)c1ccc2ccc3cccc4ccc1c2c34.CC(=O)c1ccc2ccc3cccc4ccc1c2c34.CC(=O)c1ccc2ccc3cccc4ccc1c2c34.CC(=O)c1ccc2ccc3cccc4ccc1c2c34.CC(=O)c1ccc2ccc3cccc4ccc1c2c34.CC(=O)c1ccc2ccc3cccc4ccc1c2c34. The van der Waals surface area contributed by atoms with Gasteiger partial charge in [-0.25, -0.2) is 0 Å². The van der Waals surface area contributed by atoms with Gasteiger partial charge in [0.25, 0.3) is 0 Å². The van der Waals surface area contributed by atoms with Gasteiger partial charge in [-0.1, -0.05) is 328 Å². The molecule has 0 radical (unpaired) electrons. The van der Waals surface area contributed by atoms with Gasteiger partial charge >= 0.3 is 0 Å². The highest BCUT2D eigenvalue weighted by Crippen LogP contribution is 2.43. The molecule has 0 saturated carbocycles. The highest BCUT2D eigenvalue weighted by atomic mass is 16.1. The first-order valence-electron chi connectivity index (χ1n) is 38.6. The van der Waals surface area contributed by atoms with Crippen LogP contribution in [0.4, 0.5) is 0 Å². The maximum absolute atomic E-state index is 11.8. The Morgan fingerprint density at radius 2 is 0.219 bits per heavy atom. The lowest BCUT2D eigenvalue weighted by atomic mass is 9.91. The Balaban J connectivity index is 0.0000000917. The molecule has 0 heterocycles. The Hall–Kier alpha value is -14.5. The summed E-state index contributed by atoms with van der Waals surface area (Å²) in [6.45, 7) is 9.79. The fourth-order valence-electron chi connectivity index (χ4n) is 18.3. The van der Waals surface area contributed by atoms with E-state index in [4.69, 9.17) is 0 Å². The zero-order chi connectivity index (χ0) is 77.9. The summed E-state index contributed by atoms with van der Waals surface area (Å²) in [4.78, 5) is 70.7. The van der Waals surface area contributed by atoms with Crippen molar-refractivity contribution in [1.82, 2.24) is 0 Å². The van der Waals surface area contributed by atoms with Gasteiger partial charge in [0, 0.05) is 33.4 Å². The van der Waals surface area contributed by atoms with E-state index in [1.807, 2.05) is 72.8 Å². The van der Waals surface area contributed by atoms with E-state index < -0.39 is 0 Å². The fraction of sp³-hybridized carbons (Fsp3) is 0.0556. The van der Waals surface area contributed by atoms with Crippen LogP contribution in [0.2, 0.25) is 0 Å². The van der Waals surface area contributed by atoms with Crippen LogP contribution in [0.25, 0.3) is 194 Å². The monoisotopic (exact) mass is 1460 g/mol. The fourth-order valence-corrected chi connectivity index (χ4v) is 18.3. The summed E-state index contributed by atoms with van der Waals surface area (Å²) in [7, 11) is 0. The molecule has 0 aliphatic heterocycles. The minimum absolute atomic E-state index is 0.123. The van der Waals surface area contributed by atoms with Crippen LogP contribution in [0.15, 0.2) is 328 Å². The van der Waals surface area contributed by atoms with Gasteiger partial charge in [0.2, 0.25) is 0 Å². The van der Waals surface area contributed by atoms with E-state index in [2.05, 4.69) is 255 Å². The van der Waals surface area contributed by atoms with Crippen molar-refractivity contribution in [3.05, 3.63) is 361 Å². The predicted molar refractivity (Wildman–Crippen MR) is 481 cm³/mol. The van der Waals surface area contributed by atoms with Crippen LogP contribution in [0.1, 0.15) is 104 Å². The van der Waals surface area contributed by atoms with Gasteiger partial charge in [-0.05, 0) is 235 Å². The molecule has 6 nitrogen and oxygen atoms in total. The molecule has 0 N–H and O–H groups in total. The molecule has 540 valence electrons. The lowest BCUT2D eigenvalue weighted by Crippen LogP contribution is -1.94. The third kappa shape index (κ3) is 11.6. The van der Waals surface area contributed by atoms with Crippen LogP contribution < -0.4 is 0 Å². The van der Waals surface area contributed by atoms with E-state index in [1.165, 1.54) is 162 Å². The maximum atomic E-state index is 11.8. The molecule has 0 aromatic heterocycles. The first-order valence-corrected chi connectivity index (χ1v) is 38.6. The summed E-state index contributed by atoms with van der Waals surface area (Å²) in [5, 5.41) is 43.2. The Morgan fingerprint density at radius 1 is 0.123 bits per heavy atom. The average Bonchev–Trinajstić information content (AvgIpc) is 0.775. The zero-order valence-corrected chi connectivity index (χ0v) is 63.6. The summed E-state index contributed by atoms with van der Waals surface area (Å²) < 4.78 is 0. The molecular weight excluding hydrogens is 1390 g/mol. The number of Topliss-reactive ketones (excluding diaryl/α,β-unsaturated/α-hetero) is 6. The van der Waals surface area contributed by atoms with E-state index in [0.29, 0.717) is 0 Å². The molecule has 0 aliphatic carbocycles. The van der Waals surface area contributed by atoms with Crippen LogP contribution in [0.5, 0.6) is 0 Å². The maximum Gasteiger partial charge on any atom is 0.160 e. The number of ketones is 6. The zero-order valence-electron chi connectivity index (χ0n) is 63.6. The largest absolute Gasteiger partial charge is 0.294 e. The molecule has 0 aliphatic rings. The van der Waals surface area contributed by atoms with Crippen LogP contribution in [-0.2, 0) is 0 Å². The minimum Gasteiger partial charge on any atom is -0.294 e. The Labute approximate surface area is 655 Å². The van der Waals surface area contributed by atoms with Crippen molar-refractivity contribution < 1.29 is 28.8 Å². The summed E-state index contributed by atoms with van der Waals surface area (Å²) in [5.74, 6) is 0.739. The van der Waals surface area contributed by atoms with Gasteiger partial charge in [-0.15, -0.1) is 0 Å². The molecule has 0 fully saturated rings. The first kappa shape index (κ1) is 70.0. The topological polar surface area (TPSA) is 102 Å².